The van der Waals surface area contributed by atoms with Gasteiger partial charge in [0.25, 0.3) is 0 Å². The Bertz CT molecular complexity index is 225. The van der Waals surface area contributed by atoms with Crippen LogP contribution < -0.4 is 0 Å². The molecule has 3 aliphatic rings. The largest absolute Gasteiger partial charge is 0.389 e. The van der Waals surface area contributed by atoms with Crippen LogP contribution >= 0.6 is 0 Å². The second-order valence-electron chi connectivity index (χ2n) is 5.28. The fourth-order valence-electron chi connectivity index (χ4n) is 3.82. The molecule has 6 unspecified atom stereocenters. The summed E-state index contributed by atoms with van der Waals surface area (Å²) in [5.74, 6) is 4.15. The van der Waals surface area contributed by atoms with Crippen molar-refractivity contribution in [3.63, 3.8) is 0 Å². The molecular formula is C11H18O. The van der Waals surface area contributed by atoms with Crippen LogP contribution in [0.5, 0.6) is 0 Å². The molecule has 3 rings (SSSR count). The summed E-state index contributed by atoms with van der Waals surface area (Å²) in [6, 6.07) is 0. The van der Waals surface area contributed by atoms with E-state index in [1.54, 1.807) is 0 Å². The number of hydrogen-bond donors (Lipinski definition) is 1. The van der Waals surface area contributed by atoms with E-state index in [1.165, 1.54) is 12.8 Å². The number of fused-ring (bicyclic) bond motifs is 1. The van der Waals surface area contributed by atoms with E-state index in [4.69, 9.17) is 0 Å². The Morgan fingerprint density at radius 2 is 2.25 bits per heavy atom. The maximum absolute atomic E-state index is 10.2. The van der Waals surface area contributed by atoms with E-state index in [9.17, 15) is 5.11 Å². The Morgan fingerprint density at radius 1 is 1.50 bits per heavy atom. The highest BCUT2D eigenvalue weighted by Crippen LogP contribution is 2.74. The zero-order chi connectivity index (χ0) is 8.51. The van der Waals surface area contributed by atoms with Crippen LogP contribution in [0.4, 0.5) is 0 Å². The minimum absolute atomic E-state index is 0.186. The topological polar surface area (TPSA) is 20.2 Å². The molecule has 0 aromatic rings. The summed E-state index contributed by atoms with van der Waals surface area (Å²) in [6.45, 7) is 4.55. The summed E-state index contributed by atoms with van der Waals surface area (Å²) in [4.78, 5) is 0. The average molecular weight is 166 g/mol. The molecule has 6 atom stereocenters. The van der Waals surface area contributed by atoms with Gasteiger partial charge in [-0.3, -0.25) is 0 Å². The first-order valence-electron chi connectivity index (χ1n) is 5.41. The molecule has 0 saturated heterocycles. The summed E-state index contributed by atoms with van der Waals surface area (Å²) in [5, 5.41) is 10.2. The molecule has 0 aromatic heterocycles. The molecule has 0 bridgehead atoms. The van der Waals surface area contributed by atoms with Gasteiger partial charge in [-0.15, -0.1) is 0 Å². The van der Waals surface area contributed by atoms with E-state index in [-0.39, 0.29) is 5.60 Å². The molecule has 3 aliphatic carbocycles. The van der Waals surface area contributed by atoms with E-state index >= 15 is 0 Å². The van der Waals surface area contributed by atoms with Gasteiger partial charge in [0.15, 0.2) is 0 Å². The van der Waals surface area contributed by atoms with Crippen molar-refractivity contribution in [3.8, 4) is 0 Å². The van der Waals surface area contributed by atoms with Gasteiger partial charge in [-0.05, 0) is 42.4 Å². The molecule has 0 aromatic carbocycles. The van der Waals surface area contributed by atoms with Gasteiger partial charge in [-0.2, -0.15) is 0 Å². The van der Waals surface area contributed by atoms with Crippen molar-refractivity contribution in [1.29, 1.82) is 0 Å². The highest BCUT2D eigenvalue weighted by Gasteiger charge is 2.74. The summed E-state index contributed by atoms with van der Waals surface area (Å²) >= 11 is 0. The first-order valence-corrected chi connectivity index (χ1v) is 5.41. The van der Waals surface area contributed by atoms with Crippen LogP contribution in [0, 0.1) is 29.6 Å². The number of aliphatic hydroxyl groups is 1. The quantitative estimate of drug-likeness (QED) is 0.665. The van der Waals surface area contributed by atoms with Crippen LogP contribution in [0.2, 0.25) is 0 Å². The van der Waals surface area contributed by atoms with Crippen molar-refractivity contribution >= 4 is 0 Å². The molecule has 0 amide bonds. The lowest BCUT2D eigenvalue weighted by Crippen LogP contribution is -2.15. The predicted octanol–water partition coefficient (Wildman–Crippen LogP) is 2.05. The van der Waals surface area contributed by atoms with E-state index in [0.717, 1.165) is 30.1 Å². The van der Waals surface area contributed by atoms with Crippen molar-refractivity contribution < 1.29 is 5.11 Å². The molecule has 3 fully saturated rings. The lowest BCUT2D eigenvalue weighted by molar-refractivity contribution is 0.0988. The Morgan fingerprint density at radius 3 is 2.58 bits per heavy atom. The van der Waals surface area contributed by atoms with Crippen molar-refractivity contribution in [2.45, 2.75) is 38.7 Å². The van der Waals surface area contributed by atoms with Crippen molar-refractivity contribution in [2.24, 2.45) is 29.6 Å². The minimum Gasteiger partial charge on any atom is -0.389 e. The van der Waals surface area contributed by atoms with Crippen LogP contribution in [0.25, 0.3) is 0 Å². The summed E-state index contributed by atoms with van der Waals surface area (Å²) in [6.07, 6.45) is 3.68. The minimum atomic E-state index is -0.186. The monoisotopic (exact) mass is 166 g/mol. The lowest BCUT2D eigenvalue weighted by atomic mass is 9.87. The van der Waals surface area contributed by atoms with E-state index in [2.05, 4.69) is 13.8 Å². The first kappa shape index (κ1) is 7.37. The smallest absolute Gasteiger partial charge is 0.0714 e. The molecular weight excluding hydrogens is 148 g/mol. The molecule has 1 nitrogen and oxygen atoms in total. The Kier molecular flexibility index (Phi) is 1.16. The van der Waals surface area contributed by atoms with Crippen LogP contribution in [-0.2, 0) is 0 Å². The lowest BCUT2D eigenvalue weighted by Gasteiger charge is -2.18. The number of rotatable bonds is 2. The van der Waals surface area contributed by atoms with Gasteiger partial charge in [0.2, 0.25) is 0 Å². The fraction of sp³-hybridized carbons (Fsp3) is 1.00. The van der Waals surface area contributed by atoms with E-state index in [1.807, 2.05) is 0 Å². The number of hydrogen-bond acceptors (Lipinski definition) is 1. The SMILES string of the molecule is CCC1CC1(O)C1C2CC(C)C21. The zero-order valence-corrected chi connectivity index (χ0v) is 7.96. The second-order valence-corrected chi connectivity index (χ2v) is 5.28. The molecule has 1 N–H and O–H groups in total. The molecule has 0 heterocycles. The summed E-state index contributed by atoms with van der Waals surface area (Å²) in [5.41, 5.74) is -0.186. The maximum Gasteiger partial charge on any atom is 0.0714 e. The second kappa shape index (κ2) is 1.89. The highest BCUT2D eigenvalue weighted by atomic mass is 16.3. The molecule has 68 valence electrons. The third-order valence-corrected chi connectivity index (χ3v) is 4.72. The zero-order valence-electron chi connectivity index (χ0n) is 7.96. The van der Waals surface area contributed by atoms with E-state index in [0.29, 0.717) is 5.92 Å². The Balaban J connectivity index is 1.70. The maximum atomic E-state index is 10.2. The van der Waals surface area contributed by atoms with Crippen molar-refractivity contribution in [3.05, 3.63) is 0 Å². The summed E-state index contributed by atoms with van der Waals surface area (Å²) in [7, 11) is 0. The standard InChI is InChI=1S/C11H18O/c1-3-7-5-11(7,12)10-8-4-6(2)9(8)10/h6-10,12H,3-5H2,1-2H3. The molecule has 0 aliphatic heterocycles. The average Bonchev–Trinajstić information content (AvgIpc) is 2.85. The van der Waals surface area contributed by atoms with Crippen LogP contribution in [0.15, 0.2) is 0 Å². The first-order chi connectivity index (χ1) is 5.68. The third kappa shape index (κ3) is 0.654. The Hall–Kier alpha value is -0.0400. The fourth-order valence-corrected chi connectivity index (χ4v) is 3.82. The molecule has 1 heteroatoms. The van der Waals surface area contributed by atoms with Crippen LogP contribution in [-0.4, -0.2) is 10.7 Å². The normalized spacial score (nSPS) is 66.8. The molecule has 0 radical (unpaired) electrons. The van der Waals surface area contributed by atoms with Gasteiger partial charge >= 0.3 is 0 Å². The van der Waals surface area contributed by atoms with Gasteiger partial charge in [-0.25, -0.2) is 0 Å². The van der Waals surface area contributed by atoms with Crippen LogP contribution in [0.3, 0.4) is 0 Å². The van der Waals surface area contributed by atoms with Gasteiger partial charge in [0, 0.05) is 0 Å². The van der Waals surface area contributed by atoms with Crippen LogP contribution in [0.1, 0.15) is 33.1 Å². The van der Waals surface area contributed by atoms with Gasteiger partial charge < -0.3 is 5.11 Å². The van der Waals surface area contributed by atoms with Gasteiger partial charge in [0.1, 0.15) is 0 Å². The van der Waals surface area contributed by atoms with Gasteiger partial charge in [-0.1, -0.05) is 20.3 Å². The Labute approximate surface area is 74.2 Å². The predicted molar refractivity (Wildman–Crippen MR) is 47.6 cm³/mol. The molecule has 0 spiro atoms. The van der Waals surface area contributed by atoms with Gasteiger partial charge in [0.05, 0.1) is 5.60 Å². The molecule has 12 heavy (non-hydrogen) atoms. The molecule has 3 saturated carbocycles. The van der Waals surface area contributed by atoms with Crippen molar-refractivity contribution in [2.75, 3.05) is 0 Å². The summed E-state index contributed by atoms with van der Waals surface area (Å²) < 4.78 is 0. The van der Waals surface area contributed by atoms with Crippen molar-refractivity contribution in [1.82, 2.24) is 0 Å². The van der Waals surface area contributed by atoms with E-state index < -0.39 is 0 Å². The third-order valence-electron chi connectivity index (χ3n) is 4.72. The highest BCUT2D eigenvalue weighted by molar-refractivity contribution is 5.23.